The maximum absolute atomic E-state index is 12.6. The highest BCUT2D eigenvalue weighted by Gasteiger charge is 2.33. The lowest BCUT2D eigenvalue weighted by Gasteiger charge is -2.34. The van der Waals surface area contributed by atoms with Crippen LogP contribution in [-0.4, -0.2) is 85.2 Å². The molecule has 0 aromatic heterocycles. The van der Waals surface area contributed by atoms with Crippen LogP contribution in [0.5, 0.6) is 0 Å². The first-order chi connectivity index (χ1) is 13.0. The molecule has 146 valence electrons. The normalized spacial score (nSPS) is 17.5. The first-order valence-electron chi connectivity index (χ1n) is 9.01. The summed E-state index contributed by atoms with van der Waals surface area (Å²) in [4.78, 5) is 43.3. The van der Waals surface area contributed by atoms with Gasteiger partial charge >= 0.3 is 12.1 Å². The summed E-state index contributed by atoms with van der Waals surface area (Å²) in [6, 6.07) is 6.91. The zero-order chi connectivity index (χ0) is 19.4. The maximum Gasteiger partial charge on any atom is 0.409 e. The van der Waals surface area contributed by atoms with E-state index >= 15 is 0 Å². The number of carbonyl (C=O) groups is 3. The number of hydrogen-bond acceptors (Lipinski definition) is 4. The number of ether oxygens (including phenoxy) is 1. The highest BCUT2D eigenvalue weighted by atomic mass is 35.5. The number of carbonyl (C=O) groups excluding carboxylic acids is 3. The molecule has 0 atom stereocenters. The van der Waals surface area contributed by atoms with Gasteiger partial charge in [-0.3, -0.25) is 9.69 Å². The van der Waals surface area contributed by atoms with Crippen molar-refractivity contribution in [3.05, 3.63) is 29.3 Å². The van der Waals surface area contributed by atoms with Crippen LogP contribution in [0.15, 0.2) is 24.3 Å². The molecular weight excluding hydrogens is 372 g/mol. The summed E-state index contributed by atoms with van der Waals surface area (Å²) in [5.41, 5.74) is 0.727. The van der Waals surface area contributed by atoms with E-state index in [0.29, 0.717) is 50.9 Å². The minimum atomic E-state index is -0.350. The topological polar surface area (TPSA) is 73.4 Å². The van der Waals surface area contributed by atoms with E-state index in [1.165, 1.54) is 0 Å². The van der Waals surface area contributed by atoms with Crippen LogP contribution in [0.2, 0.25) is 5.02 Å². The van der Waals surface area contributed by atoms with Crippen molar-refractivity contribution < 1.29 is 19.1 Å². The molecule has 3 rings (SSSR count). The third-order valence-corrected chi connectivity index (χ3v) is 4.93. The van der Waals surface area contributed by atoms with E-state index in [0.717, 1.165) is 5.69 Å². The lowest BCUT2D eigenvalue weighted by molar-refractivity contribution is -0.133. The van der Waals surface area contributed by atoms with Crippen molar-refractivity contribution in [1.29, 1.82) is 0 Å². The quantitative estimate of drug-likeness (QED) is 0.781. The second-order valence-electron chi connectivity index (χ2n) is 6.40. The number of hydrogen-bond donors (Lipinski definition) is 0. The fraction of sp³-hybridized carbons (Fsp3) is 0.500. The fourth-order valence-electron chi connectivity index (χ4n) is 3.23. The lowest BCUT2D eigenvalue weighted by atomic mass is 10.3. The number of nitrogens with zero attached hydrogens (tertiary/aromatic N) is 4. The standard InChI is InChI=1S/C18H23ClN4O4/c1-2-27-18(26)21-8-6-20(7-9-21)16(24)13-22-10-11-23(17(22)25)15-5-3-4-14(19)12-15/h3-5,12H,2,6-11,13H2,1H3. The largest absolute Gasteiger partial charge is 0.450 e. The van der Waals surface area contributed by atoms with Gasteiger partial charge in [0, 0.05) is 50.0 Å². The van der Waals surface area contributed by atoms with Gasteiger partial charge in [-0.05, 0) is 25.1 Å². The Hall–Kier alpha value is -2.48. The molecule has 0 unspecified atom stereocenters. The number of piperazine rings is 1. The van der Waals surface area contributed by atoms with Gasteiger partial charge < -0.3 is 19.4 Å². The SMILES string of the molecule is CCOC(=O)N1CCN(C(=O)CN2CCN(c3cccc(Cl)c3)C2=O)CC1. The smallest absolute Gasteiger partial charge is 0.409 e. The first-order valence-corrected chi connectivity index (χ1v) is 9.39. The molecule has 2 aliphatic heterocycles. The Bertz CT molecular complexity index is 721. The Balaban J connectivity index is 1.52. The molecule has 0 aliphatic carbocycles. The summed E-state index contributed by atoms with van der Waals surface area (Å²) < 4.78 is 4.98. The Labute approximate surface area is 163 Å². The highest BCUT2D eigenvalue weighted by Crippen LogP contribution is 2.23. The molecule has 0 spiro atoms. The molecule has 9 heteroatoms. The van der Waals surface area contributed by atoms with Gasteiger partial charge in [0.1, 0.15) is 6.54 Å². The number of amides is 4. The molecular formula is C18H23ClN4O4. The van der Waals surface area contributed by atoms with Crippen molar-refractivity contribution in [1.82, 2.24) is 14.7 Å². The summed E-state index contributed by atoms with van der Waals surface area (Å²) in [6.45, 7) is 4.89. The van der Waals surface area contributed by atoms with E-state index < -0.39 is 0 Å². The predicted octanol–water partition coefficient (Wildman–Crippen LogP) is 1.88. The van der Waals surface area contributed by atoms with Crippen molar-refractivity contribution >= 4 is 35.3 Å². The van der Waals surface area contributed by atoms with Gasteiger partial charge in [-0.1, -0.05) is 17.7 Å². The van der Waals surface area contributed by atoms with Crippen molar-refractivity contribution in [2.24, 2.45) is 0 Å². The number of rotatable bonds is 4. The van der Waals surface area contributed by atoms with Gasteiger partial charge in [0.2, 0.25) is 5.91 Å². The summed E-state index contributed by atoms with van der Waals surface area (Å²) in [6.07, 6.45) is -0.350. The van der Waals surface area contributed by atoms with E-state index in [9.17, 15) is 14.4 Å². The van der Waals surface area contributed by atoms with Crippen molar-refractivity contribution in [2.45, 2.75) is 6.92 Å². The fourth-order valence-corrected chi connectivity index (χ4v) is 3.41. The van der Waals surface area contributed by atoms with Crippen LogP contribution in [0.3, 0.4) is 0 Å². The second-order valence-corrected chi connectivity index (χ2v) is 6.84. The van der Waals surface area contributed by atoms with Crippen molar-refractivity contribution in [3.8, 4) is 0 Å². The zero-order valence-electron chi connectivity index (χ0n) is 15.3. The second kappa shape index (κ2) is 8.47. The summed E-state index contributed by atoms with van der Waals surface area (Å²) in [5.74, 6) is -0.111. The van der Waals surface area contributed by atoms with Crippen LogP contribution in [0, 0.1) is 0 Å². The number of halogens is 1. The van der Waals surface area contributed by atoms with Gasteiger partial charge in [-0.15, -0.1) is 0 Å². The van der Waals surface area contributed by atoms with Gasteiger partial charge in [-0.2, -0.15) is 0 Å². The third kappa shape index (κ3) is 4.44. The molecule has 2 saturated heterocycles. The molecule has 2 fully saturated rings. The van der Waals surface area contributed by atoms with Crippen molar-refractivity contribution in [3.63, 3.8) is 0 Å². The molecule has 0 N–H and O–H groups in total. The van der Waals surface area contributed by atoms with Crippen molar-refractivity contribution in [2.75, 3.05) is 57.3 Å². The van der Waals surface area contributed by atoms with E-state index in [-0.39, 0.29) is 24.6 Å². The molecule has 27 heavy (non-hydrogen) atoms. The molecule has 4 amide bonds. The summed E-state index contributed by atoms with van der Waals surface area (Å²) >= 11 is 6.00. The van der Waals surface area contributed by atoms with Crippen LogP contribution in [-0.2, 0) is 9.53 Å². The minimum Gasteiger partial charge on any atom is -0.450 e. The van der Waals surface area contributed by atoms with Gasteiger partial charge in [0.25, 0.3) is 0 Å². The summed E-state index contributed by atoms with van der Waals surface area (Å²) in [7, 11) is 0. The lowest BCUT2D eigenvalue weighted by Crippen LogP contribution is -2.53. The molecule has 0 radical (unpaired) electrons. The van der Waals surface area contributed by atoms with Gasteiger partial charge in [-0.25, -0.2) is 9.59 Å². The summed E-state index contributed by atoms with van der Waals surface area (Å²) in [5, 5.41) is 0.564. The van der Waals surface area contributed by atoms with Crippen LogP contribution in [0.4, 0.5) is 15.3 Å². The Kier molecular flexibility index (Phi) is 6.05. The number of benzene rings is 1. The average Bonchev–Trinajstić information content (AvgIpc) is 3.02. The highest BCUT2D eigenvalue weighted by molar-refractivity contribution is 6.30. The average molecular weight is 395 g/mol. The van der Waals surface area contributed by atoms with Crippen LogP contribution >= 0.6 is 11.6 Å². The third-order valence-electron chi connectivity index (χ3n) is 4.70. The van der Waals surface area contributed by atoms with Gasteiger partial charge in [0.15, 0.2) is 0 Å². The van der Waals surface area contributed by atoms with E-state index in [1.807, 2.05) is 6.07 Å². The van der Waals surface area contributed by atoms with E-state index in [2.05, 4.69) is 0 Å². The Morgan fingerprint density at radius 1 is 1.07 bits per heavy atom. The first kappa shape index (κ1) is 19.3. The maximum atomic E-state index is 12.6. The number of anilines is 1. The van der Waals surface area contributed by atoms with Crippen LogP contribution in [0.1, 0.15) is 6.92 Å². The zero-order valence-corrected chi connectivity index (χ0v) is 16.0. The van der Waals surface area contributed by atoms with Crippen LogP contribution < -0.4 is 4.90 Å². The minimum absolute atomic E-state index is 0.0370. The molecule has 2 aliphatic rings. The van der Waals surface area contributed by atoms with Crippen LogP contribution in [0.25, 0.3) is 0 Å². The Morgan fingerprint density at radius 3 is 2.44 bits per heavy atom. The molecule has 1 aromatic carbocycles. The molecule has 1 aromatic rings. The molecule has 8 nitrogen and oxygen atoms in total. The molecule has 0 saturated carbocycles. The van der Waals surface area contributed by atoms with Gasteiger partial charge in [0.05, 0.1) is 6.61 Å². The molecule has 0 bridgehead atoms. The number of urea groups is 1. The van der Waals surface area contributed by atoms with E-state index in [1.54, 1.807) is 44.7 Å². The monoisotopic (exact) mass is 394 g/mol. The molecule has 2 heterocycles. The van der Waals surface area contributed by atoms with E-state index in [4.69, 9.17) is 16.3 Å². The predicted molar refractivity (Wildman–Crippen MR) is 101 cm³/mol. The Morgan fingerprint density at radius 2 is 1.78 bits per heavy atom.